The van der Waals surface area contributed by atoms with Crippen molar-refractivity contribution in [3.8, 4) is 0 Å². The molecule has 2 aromatic carbocycles. The molecule has 1 aliphatic heterocycles. The van der Waals surface area contributed by atoms with Crippen molar-refractivity contribution in [2.45, 2.75) is 19.9 Å². The second-order valence-corrected chi connectivity index (χ2v) is 6.48. The van der Waals surface area contributed by atoms with E-state index in [9.17, 15) is 14.0 Å². The van der Waals surface area contributed by atoms with Gasteiger partial charge in [-0.15, -0.1) is 0 Å². The van der Waals surface area contributed by atoms with Gasteiger partial charge >= 0.3 is 0 Å². The van der Waals surface area contributed by atoms with Gasteiger partial charge < -0.3 is 9.80 Å². The molecule has 0 saturated carbocycles. The monoisotopic (exact) mass is 360 g/mol. The summed E-state index contributed by atoms with van der Waals surface area (Å²) >= 11 is 5.82. The fourth-order valence-electron chi connectivity index (χ4n) is 3.02. The Bertz CT molecular complexity index is 840. The molecular weight excluding hydrogens is 343 g/mol. The summed E-state index contributed by atoms with van der Waals surface area (Å²) in [6.45, 7) is 4.31. The Hall–Kier alpha value is -2.40. The maximum atomic E-state index is 13.3. The Labute approximate surface area is 150 Å². The van der Waals surface area contributed by atoms with Gasteiger partial charge in [-0.05, 0) is 43.7 Å². The number of carbonyl (C=O) groups is 2. The second-order valence-electron chi connectivity index (χ2n) is 6.08. The van der Waals surface area contributed by atoms with Gasteiger partial charge in [-0.25, -0.2) is 4.39 Å². The fourth-order valence-corrected chi connectivity index (χ4v) is 3.20. The average molecular weight is 361 g/mol. The number of piperazine rings is 1. The lowest BCUT2D eigenvalue weighted by atomic mass is 10.0. The van der Waals surface area contributed by atoms with Crippen LogP contribution in [0.4, 0.5) is 10.1 Å². The van der Waals surface area contributed by atoms with Gasteiger partial charge in [-0.1, -0.05) is 29.8 Å². The van der Waals surface area contributed by atoms with Crippen LogP contribution in [0.1, 0.15) is 22.8 Å². The van der Waals surface area contributed by atoms with Gasteiger partial charge in [0.2, 0.25) is 5.91 Å². The molecule has 1 atom stereocenters. The van der Waals surface area contributed by atoms with Crippen molar-refractivity contribution in [3.63, 3.8) is 0 Å². The second kappa shape index (κ2) is 6.84. The van der Waals surface area contributed by atoms with Crippen LogP contribution in [0.2, 0.25) is 5.02 Å². The predicted molar refractivity (Wildman–Crippen MR) is 95.4 cm³/mol. The van der Waals surface area contributed by atoms with E-state index in [4.69, 9.17) is 11.6 Å². The van der Waals surface area contributed by atoms with Crippen molar-refractivity contribution in [2.75, 3.05) is 18.0 Å². The Balaban J connectivity index is 1.83. The van der Waals surface area contributed by atoms with Crippen molar-refractivity contribution in [1.82, 2.24) is 4.90 Å². The van der Waals surface area contributed by atoms with Crippen molar-refractivity contribution < 1.29 is 14.0 Å². The molecule has 3 rings (SSSR count). The largest absolute Gasteiger partial charge is 0.325 e. The quantitative estimate of drug-likeness (QED) is 0.820. The topological polar surface area (TPSA) is 40.6 Å². The first-order chi connectivity index (χ1) is 11.9. The van der Waals surface area contributed by atoms with E-state index in [1.807, 2.05) is 25.1 Å². The predicted octanol–water partition coefficient (Wildman–Crippen LogP) is 3.67. The highest BCUT2D eigenvalue weighted by molar-refractivity contribution is 6.31. The van der Waals surface area contributed by atoms with Crippen molar-refractivity contribution in [3.05, 3.63) is 64.4 Å². The molecule has 2 amide bonds. The van der Waals surface area contributed by atoms with Gasteiger partial charge in [0.25, 0.3) is 5.91 Å². The minimum atomic E-state index is -0.607. The summed E-state index contributed by atoms with van der Waals surface area (Å²) in [5, 5.41) is -0.0311. The molecule has 0 unspecified atom stereocenters. The van der Waals surface area contributed by atoms with Crippen LogP contribution in [0.5, 0.6) is 0 Å². The zero-order valence-corrected chi connectivity index (χ0v) is 14.8. The number of carbonyl (C=O) groups excluding carboxylic acids is 2. The SMILES string of the molecule is Cc1ccccc1C(=O)N1CCN(c2ccc(F)c(Cl)c2)C(=O)[C@@H]1C. The van der Waals surface area contributed by atoms with E-state index >= 15 is 0 Å². The number of nitrogens with zero attached hydrogens (tertiary/aromatic N) is 2. The number of amides is 2. The third-order valence-corrected chi connectivity index (χ3v) is 4.80. The number of rotatable bonds is 2. The lowest BCUT2D eigenvalue weighted by Crippen LogP contribution is -2.57. The number of benzene rings is 2. The zero-order valence-electron chi connectivity index (χ0n) is 14.0. The molecule has 1 aliphatic rings. The molecule has 130 valence electrons. The summed E-state index contributed by atoms with van der Waals surface area (Å²) < 4.78 is 13.3. The van der Waals surface area contributed by atoms with Crippen LogP contribution in [0.25, 0.3) is 0 Å². The molecule has 0 bridgehead atoms. The standard InChI is InChI=1S/C19H18ClFN2O2/c1-12-5-3-4-6-15(12)19(25)22-9-10-23(18(24)13(22)2)14-7-8-17(21)16(20)11-14/h3-8,11,13H,9-10H2,1-2H3/t13-/m0/s1. The minimum Gasteiger partial charge on any atom is -0.325 e. The van der Waals surface area contributed by atoms with E-state index in [1.165, 1.54) is 23.1 Å². The molecule has 25 heavy (non-hydrogen) atoms. The lowest BCUT2D eigenvalue weighted by Gasteiger charge is -2.39. The van der Waals surface area contributed by atoms with Crippen LogP contribution in [0, 0.1) is 12.7 Å². The highest BCUT2D eigenvalue weighted by Crippen LogP contribution is 2.26. The first-order valence-corrected chi connectivity index (χ1v) is 8.41. The molecule has 1 saturated heterocycles. The summed E-state index contributed by atoms with van der Waals surface area (Å²) in [5.41, 5.74) is 2.01. The molecule has 1 heterocycles. The lowest BCUT2D eigenvalue weighted by molar-refractivity contribution is -0.124. The van der Waals surface area contributed by atoms with Crippen LogP contribution in [-0.4, -0.2) is 35.8 Å². The number of halogens is 2. The summed E-state index contributed by atoms with van der Waals surface area (Å²) in [5.74, 6) is -0.897. The van der Waals surface area contributed by atoms with Crippen LogP contribution < -0.4 is 4.90 Å². The van der Waals surface area contributed by atoms with E-state index in [-0.39, 0.29) is 16.8 Å². The summed E-state index contributed by atoms with van der Waals surface area (Å²) in [7, 11) is 0. The van der Waals surface area contributed by atoms with Gasteiger partial charge in [0, 0.05) is 24.3 Å². The maximum Gasteiger partial charge on any atom is 0.254 e. The minimum absolute atomic E-state index is 0.0311. The molecule has 0 spiro atoms. The first kappa shape index (κ1) is 17.4. The van der Waals surface area contributed by atoms with E-state index in [0.29, 0.717) is 24.3 Å². The van der Waals surface area contributed by atoms with Gasteiger partial charge in [0.05, 0.1) is 5.02 Å². The van der Waals surface area contributed by atoms with Gasteiger partial charge in [-0.2, -0.15) is 0 Å². The molecule has 0 aromatic heterocycles. The third-order valence-electron chi connectivity index (χ3n) is 4.51. The van der Waals surface area contributed by atoms with Gasteiger partial charge in [0.15, 0.2) is 0 Å². The van der Waals surface area contributed by atoms with E-state index < -0.39 is 11.9 Å². The Kier molecular flexibility index (Phi) is 4.77. The van der Waals surface area contributed by atoms with Gasteiger partial charge in [-0.3, -0.25) is 9.59 Å². The molecule has 0 radical (unpaired) electrons. The van der Waals surface area contributed by atoms with Crippen LogP contribution >= 0.6 is 11.6 Å². The van der Waals surface area contributed by atoms with Crippen molar-refractivity contribution in [2.24, 2.45) is 0 Å². The fraction of sp³-hybridized carbons (Fsp3) is 0.263. The summed E-state index contributed by atoms with van der Waals surface area (Å²) in [6, 6.07) is 10.9. The number of hydrogen-bond donors (Lipinski definition) is 0. The zero-order chi connectivity index (χ0) is 18.1. The Morgan fingerprint density at radius 3 is 2.60 bits per heavy atom. The van der Waals surface area contributed by atoms with Gasteiger partial charge in [0.1, 0.15) is 11.9 Å². The molecule has 2 aromatic rings. The van der Waals surface area contributed by atoms with E-state index in [0.717, 1.165) is 5.56 Å². The molecule has 0 aliphatic carbocycles. The summed E-state index contributed by atoms with van der Waals surface area (Å²) in [4.78, 5) is 28.7. The number of aryl methyl sites for hydroxylation is 1. The molecule has 4 nitrogen and oxygen atoms in total. The highest BCUT2D eigenvalue weighted by Gasteiger charge is 2.35. The van der Waals surface area contributed by atoms with Crippen LogP contribution in [0.15, 0.2) is 42.5 Å². The molecule has 6 heteroatoms. The molecular formula is C19H18ClFN2O2. The summed E-state index contributed by atoms with van der Waals surface area (Å²) in [6.07, 6.45) is 0. The third kappa shape index (κ3) is 3.24. The number of anilines is 1. The van der Waals surface area contributed by atoms with Crippen LogP contribution in [-0.2, 0) is 4.79 Å². The highest BCUT2D eigenvalue weighted by atomic mass is 35.5. The number of hydrogen-bond acceptors (Lipinski definition) is 2. The first-order valence-electron chi connectivity index (χ1n) is 8.03. The smallest absolute Gasteiger partial charge is 0.254 e. The molecule has 1 fully saturated rings. The van der Waals surface area contributed by atoms with Crippen molar-refractivity contribution in [1.29, 1.82) is 0 Å². The normalized spacial score (nSPS) is 17.8. The van der Waals surface area contributed by atoms with Crippen molar-refractivity contribution >= 4 is 29.1 Å². The molecule has 0 N–H and O–H groups in total. The average Bonchev–Trinajstić information content (AvgIpc) is 2.60. The Morgan fingerprint density at radius 1 is 1.20 bits per heavy atom. The maximum absolute atomic E-state index is 13.3. The Morgan fingerprint density at radius 2 is 1.92 bits per heavy atom. The van der Waals surface area contributed by atoms with E-state index in [1.54, 1.807) is 17.9 Å². The van der Waals surface area contributed by atoms with Crippen LogP contribution in [0.3, 0.4) is 0 Å². The van der Waals surface area contributed by atoms with E-state index in [2.05, 4.69) is 0 Å².